The van der Waals surface area contributed by atoms with E-state index in [1.54, 1.807) is 0 Å². The third-order valence-electron chi connectivity index (χ3n) is 2.28. The fourth-order valence-electron chi connectivity index (χ4n) is 1.11. The first-order valence-corrected chi connectivity index (χ1v) is 5.74. The van der Waals surface area contributed by atoms with Crippen LogP contribution < -0.4 is 11.1 Å². The van der Waals surface area contributed by atoms with Crippen LogP contribution >= 0.6 is 15.9 Å². The van der Waals surface area contributed by atoms with Crippen LogP contribution in [0.2, 0.25) is 0 Å². The number of anilines is 2. The summed E-state index contributed by atoms with van der Waals surface area (Å²) in [5, 5.41) is 12.1. The second-order valence-corrected chi connectivity index (χ2v) is 5.38. The summed E-state index contributed by atoms with van der Waals surface area (Å²) in [5.74, 6) is -0.362. The number of rotatable bonds is 4. The van der Waals surface area contributed by atoms with E-state index < -0.39 is 0 Å². The zero-order chi connectivity index (χ0) is 12.3. The Hall–Kier alpha value is -0.810. The Bertz CT molecular complexity index is 382. The minimum Gasteiger partial charge on any atom is -0.397 e. The topological polar surface area (TPSA) is 58.3 Å². The molecule has 16 heavy (non-hydrogen) atoms. The average Bonchev–Trinajstić information content (AvgIpc) is 2.22. The van der Waals surface area contributed by atoms with E-state index in [4.69, 9.17) is 10.8 Å². The molecule has 3 nitrogen and oxygen atoms in total. The highest BCUT2D eigenvalue weighted by Gasteiger charge is 2.16. The summed E-state index contributed by atoms with van der Waals surface area (Å²) in [6.07, 6.45) is 0. The normalized spacial score (nSPS) is 11.6. The molecule has 0 unspecified atom stereocenters. The van der Waals surface area contributed by atoms with Gasteiger partial charge in [0, 0.05) is 24.6 Å². The Kier molecular flexibility index (Phi) is 4.15. The van der Waals surface area contributed by atoms with Gasteiger partial charge in [0.2, 0.25) is 0 Å². The van der Waals surface area contributed by atoms with Crippen molar-refractivity contribution in [3.63, 3.8) is 0 Å². The number of nitrogens with two attached hydrogens (primary N) is 1. The highest BCUT2D eigenvalue weighted by molar-refractivity contribution is 9.10. The van der Waals surface area contributed by atoms with Crippen LogP contribution in [-0.2, 0) is 0 Å². The number of nitrogens with one attached hydrogen (secondary N) is 1. The Morgan fingerprint density at radius 1 is 1.50 bits per heavy atom. The predicted octanol–water partition coefficient (Wildman–Crippen LogP) is 2.60. The lowest BCUT2D eigenvalue weighted by molar-refractivity contribution is 0.171. The highest BCUT2D eigenvalue weighted by atomic mass is 79.9. The Morgan fingerprint density at radius 3 is 2.69 bits per heavy atom. The van der Waals surface area contributed by atoms with E-state index in [0.717, 1.165) is 0 Å². The van der Waals surface area contributed by atoms with Gasteiger partial charge in [0.15, 0.2) is 0 Å². The first kappa shape index (κ1) is 13.3. The van der Waals surface area contributed by atoms with Crippen molar-refractivity contribution >= 4 is 27.3 Å². The van der Waals surface area contributed by atoms with Crippen LogP contribution in [0.1, 0.15) is 13.8 Å². The van der Waals surface area contributed by atoms with Crippen LogP contribution in [0.5, 0.6) is 0 Å². The summed E-state index contributed by atoms with van der Waals surface area (Å²) < 4.78 is 13.6. The molecule has 0 atom stereocenters. The molecule has 90 valence electrons. The van der Waals surface area contributed by atoms with Gasteiger partial charge < -0.3 is 16.2 Å². The van der Waals surface area contributed by atoms with Gasteiger partial charge in [-0.3, -0.25) is 0 Å². The van der Waals surface area contributed by atoms with Crippen molar-refractivity contribution in [2.45, 2.75) is 13.8 Å². The van der Waals surface area contributed by atoms with Crippen LogP contribution in [0, 0.1) is 11.2 Å². The molecule has 0 aromatic heterocycles. The fraction of sp³-hybridized carbons (Fsp3) is 0.455. The molecule has 0 radical (unpaired) electrons. The summed E-state index contributed by atoms with van der Waals surface area (Å²) in [6, 6.07) is 2.86. The first-order chi connectivity index (χ1) is 7.35. The monoisotopic (exact) mass is 290 g/mol. The average molecular weight is 291 g/mol. The molecule has 0 bridgehead atoms. The summed E-state index contributed by atoms with van der Waals surface area (Å²) >= 11 is 3.06. The summed E-state index contributed by atoms with van der Waals surface area (Å²) in [6.45, 7) is 4.39. The molecule has 0 aliphatic carbocycles. The van der Waals surface area contributed by atoms with Crippen LogP contribution in [0.15, 0.2) is 16.6 Å². The molecule has 0 aliphatic heterocycles. The van der Waals surface area contributed by atoms with E-state index in [2.05, 4.69) is 21.2 Å². The number of halogens is 2. The van der Waals surface area contributed by atoms with Gasteiger partial charge in [0.1, 0.15) is 5.82 Å². The van der Waals surface area contributed by atoms with Crippen molar-refractivity contribution in [1.29, 1.82) is 0 Å². The molecule has 1 aromatic carbocycles. The second kappa shape index (κ2) is 5.01. The fourth-order valence-corrected chi connectivity index (χ4v) is 1.47. The molecule has 0 fully saturated rings. The molecular weight excluding hydrogens is 275 g/mol. The van der Waals surface area contributed by atoms with Crippen molar-refractivity contribution in [2.24, 2.45) is 5.41 Å². The third-order valence-corrected chi connectivity index (χ3v) is 2.89. The van der Waals surface area contributed by atoms with E-state index in [-0.39, 0.29) is 17.8 Å². The molecule has 1 aromatic rings. The SMILES string of the molecule is CC(C)(CO)CNc1cc(F)c(Br)cc1N. The van der Waals surface area contributed by atoms with E-state index >= 15 is 0 Å². The van der Waals surface area contributed by atoms with E-state index in [1.165, 1.54) is 12.1 Å². The molecule has 5 heteroatoms. The molecule has 0 spiro atoms. The minimum absolute atomic E-state index is 0.0545. The van der Waals surface area contributed by atoms with Gasteiger partial charge in [0.25, 0.3) is 0 Å². The number of aliphatic hydroxyl groups excluding tert-OH is 1. The van der Waals surface area contributed by atoms with Gasteiger partial charge in [-0.2, -0.15) is 0 Å². The Balaban J connectivity index is 2.79. The van der Waals surface area contributed by atoms with Crippen molar-refractivity contribution in [3.8, 4) is 0 Å². The van der Waals surface area contributed by atoms with Gasteiger partial charge in [-0.25, -0.2) is 4.39 Å². The molecular formula is C11H16BrFN2O. The molecule has 4 N–H and O–H groups in total. The minimum atomic E-state index is -0.362. The quantitative estimate of drug-likeness (QED) is 0.747. The summed E-state index contributed by atoms with van der Waals surface area (Å²) in [5.41, 5.74) is 6.49. The van der Waals surface area contributed by atoms with Gasteiger partial charge in [-0.15, -0.1) is 0 Å². The number of hydrogen-bond donors (Lipinski definition) is 3. The van der Waals surface area contributed by atoms with Gasteiger partial charge in [0.05, 0.1) is 15.8 Å². The van der Waals surface area contributed by atoms with Crippen molar-refractivity contribution in [3.05, 3.63) is 22.4 Å². The van der Waals surface area contributed by atoms with E-state index in [9.17, 15) is 4.39 Å². The largest absolute Gasteiger partial charge is 0.397 e. The van der Waals surface area contributed by atoms with E-state index in [1.807, 2.05) is 13.8 Å². The zero-order valence-electron chi connectivity index (χ0n) is 9.35. The van der Waals surface area contributed by atoms with Crippen LogP contribution in [0.3, 0.4) is 0 Å². The molecule has 1 rings (SSSR count). The third kappa shape index (κ3) is 3.35. The summed E-state index contributed by atoms with van der Waals surface area (Å²) in [7, 11) is 0. The zero-order valence-corrected chi connectivity index (χ0v) is 10.9. The van der Waals surface area contributed by atoms with Crippen LogP contribution in [0.25, 0.3) is 0 Å². The number of benzene rings is 1. The predicted molar refractivity (Wildman–Crippen MR) is 67.9 cm³/mol. The maximum absolute atomic E-state index is 13.3. The number of hydrogen-bond acceptors (Lipinski definition) is 3. The van der Waals surface area contributed by atoms with Gasteiger partial charge in [-0.05, 0) is 22.0 Å². The molecule has 0 saturated heterocycles. The molecule has 0 aliphatic rings. The molecule has 0 saturated carbocycles. The maximum atomic E-state index is 13.3. The van der Waals surface area contributed by atoms with Crippen LogP contribution in [0.4, 0.5) is 15.8 Å². The van der Waals surface area contributed by atoms with Crippen molar-refractivity contribution < 1.29 is 9.50 Å². The van der Waals surface area contributed by atoms with E-state index in [0.29, 0.717) is 22.4 Å². The lowest BCUT2D eigenvalue weighted by atomic mass is 9.95. The lowest BCUT2D eigenvalue weighted by Crippen LogP contribution is -2.27. The Labute approximate surface area is 103 Å². The molecule has 0 amide bonds. The summed E-state index contributed by atoms with van der Waals surface area (Å²) in [4.78, 5) is 0. The Morgan fingerprint density at radius 2 is 2.12 bits per heavy atom. The van der Waals surface area contributed by atoms with Crippen molar-refractivity contribution in [1.82, 2.24) is 0 Å². The number of nitrogen functional groups attached to an aromatic ring is 1. The first-order valence-electron chi connectivity index (χ1n) is 4.95. The highest BCUT2D eigenvalue weighted by Crippen LogP contribution is 2.27. The molecule has 0 heterocycles. The van der Waals surface area contributed by atoms with Crippen LogP contribution in [-0.4, -0.2) is 18.3 Å². The number of aliphatic hydroxyl groups is 1. The van der Waals surface area contributed by atoms with Gasteiger partial charge >= 0.3 is 0 Å². The van der Waals surface area contributed by atoms with Gasteiger partial charge in [-0.1, -0.05) is 13.8 Å². The lowest BCUT2D eigenvalue weighted by Gasteiger charge is -2.23. The second-order valence-electron chi connectivity index (χ2n) is 4.53. The maximum Gasteiger partial charge on any atom is 0.139 e. The van der Waals surface area contributed by atoms with Crippen molar-refractivity contribution in [2.75, 3.05) is 24.2 Å². The standard InChI is InChI=1S/C11H16BrFN2O/c1-11(2,6-16)5-15-10-4-8(13)7(12)3-9(10)14/h3-4,15-16H,5-6,14H2,1-2H3. The smallest absolute Gasteiger partial charge is 0.139 e.